The average Bonchev–Trinajstić information content (AvgIpc) is 2.69. The molecule has 2 heterocycles. The Bertz CT molecular complexity index is 945. The van der Waals surface area contributed by atoms with Crippen molar-refractivity contribution < 1.29 is 24.2 Å². The van der Waals surface area contributed by atoms with Gasteiger partial charge in [-0.15, -0.1) is 0 Å². The minimum absolute atomic E-state index is 0.0358. The molecular weight excluding hydrogens is 376 g/mol. The van der Waals surface area contributed by atoms with Gasteiger partial charge in [0.1, 0.15) is 5.76 Å². The topological polar surface area (TPSA) is 134 Å². The summed E-state index contributed by atoms with van der Waals surface area (Å²) in [6, 6.07) is 7.08. The second kappa shape index (κ2) is 8.91. The molecule has 8 heteroatoms. The van der Waals surface area contributed by atoms with E-state index in [9.17, 15) is 19.5 Å². The lowest BCUT2D eigenvalue weighted by Crippen LogP contribution is -2.29. The lowest BCUT2D eigenvalue weighted by atomic mass is 9.91. The van der Waals surface area contributed by atoms with Gasteiger partial charge in [0, 0.05) is 12.5 Å². The van der Waals surface area contributed by atoms with Crippen molar-refractivity contribution >= 4 is 11.9 Å². The molecule has 4 N–H and O–H groups in total. The average molecular weight is 400 g/mol. The number of nitrogens with zero attached hydrogens (tertiary/aromatic N) is 1. The second-order valence-electron chi connectivity index (χ2n) is 7.28. The van der Waals surface area contributed by atoms with Crippen molar-refractivity contribution in [3.05, 3.63) is 63.2 Å². The summed E-state index contributed by atoms with van der Waals surface area (Å²) in [7, 11) is 0. The zero-order valence-corrected chi connectivity index (χ0v) is 16.0. The number of hydrogen-bond donors (Lipinski definition) is 3. The molecule has 29 heavy (non-hydrogen) atoms. The monoisotopic (exact) mass is 400 g/mol. The first-order valence-corrected chi connectivity index (χ1v) is 9.55. The minimum Gasteiger partial charge on any atom is -0.502 e. The maximum Gasteiger partial charge on any atom is 0.335 e. The van der Waals surface area contributed by atoms with Gasteiger partial charge in [0.05, 0.1) is 18.0 Å². The van der Waals surface area contributed by atoms with E-state index >= 15 is 0 Å². The number of rotatable bonds is 7. The number of hydrogen-bond acceptors (Lipinski definition) is 6. The van der Waals surface area contributed by atoms with Crippen molar-refractivity contribution in [1.82, 2.24) is 4.90 Å². The van der Waals surface area contributed by atoms with Crippen molar-refractivity contribution in [2.24, 2.45) is 5.73 Å². The van der Waals surface area contributed by atoms with Crippen LogP contribution in [0.5, 0.6) is 5.75 Å². The largest absolute Gasteiger partial charge is 0.502 e. The zero-order chi connectivity index (χ0) is 21.0. The predicted octanol–water partition coefficient (Wildman–Crippen LogP) is 2.04. The number of carboxylic acids is 1. The first kappa shape index (κ1) is 20.6. The highest BCUT2D eigenvalue weighted by Gasteiger charge is 2.26. The molecule has 1 fully saturated rings. The van der Waals surface area contributed by atoms with Crippen molar-refractivity contribution in [3.63, 3.8) is 0 Å². The minimum atomic E-state index is -1.08. The summed E-state index contributed by atoms with van der Waals surface area (Å²) in [5.74, 6) is -2.72. The summed E-state index contributed by atoms with van der Waals surface area (Å²) < 4.78 is 5.87. The van der Waals surface area contributed by atoms with E-state index in [2.05, 4.69) is 4.90 Å². The molecule has 1 amide bonds. The van der Waals surface area contributed by atoms with E-state index in [1.807, 2.05) is 0 Å². The number of primary amides is 1. The van der Waals surface area contributed by atoms with Crippen LogP contribution in [-0.4, -0.2) is 40.1 Å². The van der Waals surface area contributed by atoms with Crippen LogP contribution in [0.2, 0.25) is 0 Å². The van der Waals surface area contributed by atoms with Crippen LogP contribution in [0.25, 0.3) is 0 Å². The van der Waals surface area contributed by atoms with E-state index in [-0.39, 0.29) is 17.7 Å². The van der Waals surface area contributed by atoms with E-state index in [0.717, 1.165) is 25.9 Å². The van der Waals surface area contributed by atoms with E-state index in [0.29, 0.717) is 17.9 Å². The van der Waals surface area contributed by atoms with Gasteiger partial charge in [-0.1, -0.05) is 18.6 Å². The molecule has 1 aliphatic rings. The maximum absolute atomic E-state index is 12.3. The molecule has 0 aliphatic carbocycles. The van der Waals surface area contributed by atoms with Crippen LogP contribution < -0.4 is 11.2 Å². The van der Waals surface area contributed by atoms with Gasteiger partial charge >= 0.3 is 5.97 Å². The predicted molar refractivity (Wildman–Crippen MR) is 105 cm³/mol. The normalized spacial score (nSPS) is 15.7. The maximum atomic E-state index is 12.3. The van der Waals surface area contributed by atoms with Crippen LogP contribution in [0.15, 0.2) is 39.5 Å². The number of amides is 1. The quantitative estimate of drug-likeness (QED) is 0.647. The fraction of sp³-hybridized carbons (Fsp3) is 0.381. The number of benzene rings is 1. The van der Waals surface area contributed by atoms with Crippen molar-refractivity contribution in [1.29, 1.82) is 0 Å². The van der Waals surface area contributed by atoms with Gasteiger partial charge in [-0.3, -0.25) is 14.5 Å². The number of carboxylic acid groups (broad SMARTS) is 1. The van der Waals surface area contributed by atoms with Crippen LogP contribution in [0, 0.1) is 0 Å². The van der Waals surface area contributed by atoms with Crippen LogP contribution in [0.1, 0.15) is 59.0 Å². The molecule has 1 aromatic heterocycles. The standard InChI is InChI=1S/C21H24N2O6/c22-18(25)11-16(13-4-6-14(7-5-13)21(27)28)20-19(26)17(24)10-15(29-20)12-23-8-2-1-3-9-23/h4-7,10,16,26H,1-3,8-9,11-12H2,(H2,22,25)(H,27,28)/t16-/m0/s1. The van der Waals surface area contributed by atoms with Crippen molar-refractivity contribution in [2.75, 3.05) is 13.1 Å². The molecule has 3 rings (SSSR count). The number of nitrogens with two attached hydrogens (primary N) is 1. The number of aromatic hydroxyl groups is 1. The summed E-state index contributed by atoms with van der Waals surface area (Å²) >= 11 is 0. The molecular formula is C21H24N2O6. The molecule has 0 spiro atoms. The molecule has 0 saturated carbocycles. The Kier molecular flexibility index (Phi) is 6.33. The lowest BCUT2D eigenvalue weighted by Gasteiger charge is -2.26. The van der Waals surface area contributed by atoms with Gasteiger partial charge in [0.15, 0.2) is 5.76 Å². The second-order valence-corrected chi connectivity index (χ2v) is 7.28. The molecule has 0 bridgehead atoms. The highest BCUT2D eigenvalue weighted by atomic mass is 16.4. The molecule has 8 nitrogen and oxygen atoms in total. The lowest BCUT2D eigenvalue weighted by molar-refractivity contribution is -0.118. The van der Waals surface area contributed by atoms with Gasteiger partial charge in [0.25, 0.3) is 0 Å². The highest BCUT2D eigenvalue weighted by Crippen LogP contribution is 2.33. The Labute approximate surface area is 167 Å². The van der Waals surface area contributed by atoms with Crippen LogP contribution in [0.4, 0.5) is 0 Å². The Morgan fingerprint density at radius 2 is 1.79 bits per heavy atom. The van der Waals surface area contributed by atoms with E-state index in [1.165, 1.54) is 36.8 Å². The highest BCUT2D eigenvalue weighted by molar-refractivity contribution is 5.87. The number of carbonyl (C=O) groups excluding carboxylic acids is 1. The van der Waals surface area contributed by atoms with Gasteiger partial charge in [-0.2, -0.15) is 0 Å². The van der Waals surface area contributed by atoms with E-state index < -0.39 is 29.0 Å². The first-order chi connectivity index (χ1) is 13.8. The molecule has 1 aliphatic heterocycles. The Balaban J connectivity index is 1.98. The van der Waals surface area contributed by atoms with Crippen molar-refractivity contribution in [3.8, 4) is 5.75 Å². The van der Waals surface area contributed by atoms with Crippen LogP contribution >= 0.6 is 0 Å². The third-order valence-corrected chi connectivity index (χ3v) is 5.11. The molecule has 1 atom stereocenters. The third kappa shape index (κ3) is 5.03. The first-order valence-electron chi connectivity index (χ1n) is 9.55. The van der Waals surface area contributed by atoms with Gasteiger partial charge < -0.3 is 20.4 Å². The zero-order valence-electron chi connectivity index (χ0n) is 16.0. The molecule has 1 saturated heterocycles. The smallest absolute Gasteiger partial charge is 0.335 e. The van der Waals surface area contributed by atoms with Gasteiger partial charge in [-0.25, -0.2) is 4.79 Å². The Hall–Kier alpha value is -3.13. The van der Waals surface area contributed by atoms with Crippen LogP contribution in [0.3, 0.4) is 0 Å². The summed E-state index contributed by atoms with van der Waals surface area (Å²) in [6.45, 7) is 2.24. The van der Waals surface area contributed by atoms with Crippen molar-refractivity contribution in [2.45, 2.75) is 38.1 Å². The fourth-order valence-corrected chi connectivity index (χ4v) is 3.63. The Morgan fingerprint density at radius 3 is 2.38 bits per heavy atom. The summed E-state index contributed by atoms with van der Waals surface area (Å²) in [5.41, 5.74) is 5.39. The van der Waals surface area contributed by atoms with E-state index in [4.69, 9.17) is 15.3 Å². The number of likely N-dealkylation sites (tertiary alicyclic amines) is 1. The number of aromatic carboxylic acids is 1. The van der Waals surface area contributed by atoms with Crippen LogP contribution in [-0.2, 0) is 11.3 Å². The number of piperidine rings is 1. The molecule has 0 unspecified atom stereocenters. The molecule has 1 aromatic carbocycles. The summed E-state index contributed by atoms with van der Waals surface area (Å²) in [4.78, 5) is 37.3. The Morgan fingerprint density at radius 1 is 1.14 bits per heavy atom. The summed E-state index contributed by atoms with van der Waals surface area (Å²) in [5, 5.41) is 19.4. The van der Waals surface area contributed by atoms with Gasteiger partial charge in [-0.05, 0) is 43.6 Å². The third-order valence-electron chi connectivity index (χ3n) is 5.11. The SMILES string of the molecule is NC(=O)C[C@@H](c1ccc(C(=O)O)cc1)c1oc(CN2CCCCC2)cc(=O)c1O. The van der Waals surface area contributed by atoms with E-state index in [1.54, 1.807) is 0 Å². The van der Waals surface area contributed by atoms with Gasteiger partial charge in [0.2, 0.25) is 17.1 Å². The molecule has 2 aromatic rings. The fourth-order valence-electron chi connectivity index (χ4n) is 3.63. The number of carbonyl (C=O) groups is 2. The molecule has 154 valence electrons. The molecule has 0 radical (unpaired) electrons. The summed E-state index contributed by atoms with van der Waals surface area (Å²) in [6.07, 6.45) is 3.13.